The Morgan fingerprint density at radius 2 is 2.26 bits per heavy atom. The Kier molecular flexibility index (Phi) is 5.02. The minimum Gasteiger partial charge on any atom is -0.352 e. The summed E-state index contributed by atoms with van der Waals surface area (Å²) in [5.74, 6) is 0.104. The predicted octanol–water partition coefficient (Wildman–Crippen LogP) is 2.55. The van der Waals surface area contributed by atoms with Crippen molar-refractivity contribution in [3.63, 3.8) is 0 Å². The Balaban J connectivity index is 1.45. The second kappa shape index (κ2) is 7.37. The highest BCUT2D eigenvalue weighted by Crippen LogP contribution is 2.22. The molecule has 0 aromatic carbocycles. The van der Waals surface area contributed by atoms with Crippen molar-refractivity contribution >= 4 is 23.2 Å². The van der Waals surface area contributed by atoms with Crippen molar-refractivity contribution in [2.45, 2.75) is 19.3 Å². The van der Waals surface area contributed by atoms with E-state index in [1.54, 1.807) is 23.6 Å². The Labute approximate surface area is 139 Å². The molecule has 0 atom stereocenters. The minimum atomic E-state index is -0.122. The van der Waals surface area contributed by atoms with Crippen molar-refractivity contribution in [3.05, 3.63) is 41.4 Å². The Morgan fingerprint density at radius 3 is 2.91 bits per heavy atom. The number of pyridine rings is 1. The zero-order valence-electron chi connectivity index (χ0n) is 12.8. The van der Waals surface area contributed by atoms with E-state index in [0.29, 0.717) is 25.1 Å². The molecule has 0 unspecified atom stereocenters. The first-order valence-electron chi connectivity index (χ1n) is 7.80. The van der Waals surface area contributed by atoms with Gasteiger partial charge in [-0.05, 0) is 36.4 Å². The summed E-state index contributed by atoms with van der Waals surface area (Å²) in [6.45, 7) is 2.13. The van der Waals surface area contributed by atoms with Crippen molar-refractivity contribution < 1.29 is 9.59 Å². The van der Waals surface area contributed by atoms with Crippen LogP contribution in [0.1, 0.15) is 29.6 Å². The van der Waals surface area contributed by atoms with Crippen LogP contribution in [0.5, 0.6) is 0 Å². The van der Waals surface area contributed by atoms with Crippen molar-refractivity contribution in [2.75, 3.05) is 19.6 Å². The minimum absolute atomic E-state index is 0.122. The summed E-state index contributed by atoms with van der Waals surface area (Å²) in [5.41, 5.74) is 1.44. The maximum absolute atomic E-state index is 12.1. The monoisotopic (exact) mass is 329 g/mol. The number of likely N-dealkylation sites (tertiary alicyclic amines) is 1. The standard InChI is InChI=1S/C17H19N3O2S/c21-16-5-1-9-20(16)10-3-8-18-17(22)13-6-7-14(19-12-13)15-4-2-11-23-15/h2,4,6-7,11-12H,1,3,5,8-10H2,(H,18,22). The number of thiophene rings is 1. The SMILES string of the molecule is O=C(NCCCN1CCCC1=O)c1ccc(-c2cccs2)nc1. The molecule has 3 rings (SSSR count). The third-order valence-corrected chi connectivity index (χ3v) is 4.75. The number of carbonyl (C=O) groups is 2. The fourth-order valence-corrected chi connectivity index (χ4v) is 3.31. The van der Waals surface area contributed by atoms with E-state index in [-0.39, 0.29) is 11.8 Å². The number of aromatic nitrogens is 1. The van der Waals surface area contributed by atoms with E-state index in [4.69, 9.17) is 0 Å². The molecule has 0 spiro atoms. The molecule has 1 saturated heterocycles. The number of hydrogen-bond donors (Lipinski definition) is 1. The molecular formula is C17H19N3O2S. The molecule has 5 nitrogen and oxygen atoms in total. The maximum Gasteiger partial charge on any atom is 0.252 e. The van der Waals surface area contributed by atoms with Crippen LogP contribution in [0, 0.1) is 0 Å². The zero-order valence-corrected chi connectivity index (χ0v) is 13.6. The van der Waals surface area contributed by atoms with E-state index in [9.17, 15) is 9.59 Å². The summed E-state index contributed by atoms with van der Waals surface area (Å²) >= 11 is 1.62. The molecule has 2 aromatic rings. The van der Waals surface area contributed by atoms with Gasteiger partial charge in [-0.1, -0.05) is 6.07 Å². The van der Waals surface area contributed by atoms with Gasteiger partial charge in [0.15, 0.2) is 0 Å². The predicted molar refractivity (Wildman–Crippen MR) is 90.3 cm³/mol. The van der Waals surface area contributed by atoms with Crippen molar-refractivity contribution in [2.24, 2.45) is 0 Å². The Morgan fingerprint density at radius 1 is 1.35 bits per heavy atom. The molecular weight excluding hydrogens is 310 g/mol. The van der Waals surface area contributed by atoms with Gasteiger partial charge in [0.25, 0.3) is 5.91 Å². The first-order valence-corrected chi connectivity index (χ1v) is 8.68. The van der Waals surface area contributed by atoms with Gasteiger partial charge in [0.1, 0.15) is 0 Å². The van der Waals surface area contributed by atoms with Gasteiger partial charge in [0.05, 0.1) is 16.1 Å². The van der Waals surface area contributed by atoms with Crippen LogP contribution in [0.3, 0.4) is 0 Å². The summed E-state index contributed by atoms with van der Waals surface area (Å²) in [5, 5.41) is 4.88. The molecule has 0 saturated carbocycles. The summed E-state index contributed by atoms with van der Waals surface area (Å²) in [6, 6.07) is 7.64. The smallest absolute Gasteiger partial charge is 0.252 e. The lowest BCUT2D eigenvalue weighted by molar-refractivity contribution is -0.127. The molecule has 0 radical (unpaired) electrons. The average molecular weight is 329 g/mol. The third-order valence-electron chi connectivity index (χ3n) is 3.86. The summed E-state index contributed by atoms with van der Waals surface area (Å²) in [6.07, 6.45) is 3.99. The molecule has 0 bridgehead atoms. The molecule has 0 aliphatic carbocycles. The van der Waals surface area contributed by atoms with Gasteiger partial charge in [-0.3, -0.25) is 14.6 Å². The molecule has 3 heterocycles. The number of amides is 2. The average Bonchev–Trinajstić information content (AvgIpc) is 3.23. The van der Waals surface area contributed by atoms with E-state index in [0.717, 1.165) is 30.0 Å². The van der Waals surface area contributed by atoms with Crippen LogP contribution in [0.25, 0.3) is 10.6 Å². The Bertz CT molecular complexity index is 668. The highest BCUT2D eigenvalue weighted by Gasteiger charge is 2.19. The van der Waals surface area contributed by atoms with Gasteiger partial charge in [-0.25, -0.2) is 0 Å². The lowest BCUT2D eigenvalue weighted by atomic mass is 10.2. The van der Waals surface area contributed by atoms with E-state index in [1.165, 1.54) is 0 Å². The van der Waals surface area contributed by atoms with E-state index in [1.807, 2.05) is 28.5 Å². The number of rotatable bonds is 6. The van der Waals surface area contributed by atoms with Crippen LogP contribution >= 0.6 is 11.3 Å². The molecule has 1 aliphatic heterocycles. The molecule has 2 amide bonds. The maximum atomic E-state index is 12.1. The van der Waals surface area contributed by atoms with E-state index in [2.05, 4.69) is 10.3 Å². The zero-order chi connectivity index (χ0) is 16.1. The van der Waals surface area contributed by atoms with Crippen LogP contribution in [0.15, 0.2) is 35.8 Å². The van der Waals surface area contributed by atoms with Crippen LogP contribution in [-0.2, 0) is 4.79 Å². The first-order chi connectivity index (χ1) is 11.2. The Hall–Kier alpha value is -2.21. The van der Waals surface area contributed by atoms with E-state index >= 15 is 0 Å². The molecule has 1 fully saturated rings. The lowest BCUT2D eigenvalue weighted by Gasteiger charge is -2.15. The fraction of sp³-hybridized carbons (Fsp3) is 0.353. The van der Waals surface area contributed by atoms with Crippen LogP contribution in [0.2, 0.25) is 0 Å². The fourth-order valence-electron chi connectivity index (χ4n) is 2.61. The van der Waals surface area contributed by atoms with Gasteiger partial charge in [-0.2, -0.15) is 0 Å². The van der Waals surface area contributed by atoms with E-state index < -0.39 is 0 Å². The molecule has 1 aliphatic rings. The largest absolute Gasteiger partial charge is 0.352 e. The van der Waals surface area contributed by atoms with Crippen molar-refractivity contribution in [1.29, 1.82) is 0 Å². The molecule has 6 heteroatoms. The van der Waals surface area contributed by atoms with Crippen LogP contribution < -0.4 is 5.32 Å². The number of nitrogens with zero attached hydrogens (tertiary/aromatic N) is 2. The second-order valence-corrected chi connectivity index (χ2v) is 6.45. The number of hydrogen-bond acceptors (Lipinski definition) is 4. The number of nitrogens with one attached hydrogen (secondary N) is 1. The highest BCUT2D eigenvalue weighted by atomic mass is 32.1. The second-order valence-electron chi connectivity index (χ2n) is 5.50. The van der Waals surface area contributed by atoms with Crippen molar-refractivity contribution in [1.82, 2.24) is 15.2 Å². The normalized spacial score (nSPS) is 14.3. The molecule has 23 heavy (non-hydrogen) atoms. The molecule has 120 valence electrons. The lowest BCUT2D eigenvalue weighted by Crippen LogP contribution is -2.30. The van der Waals surface area contributed by atoms with Gasteiger partial charge >= 0.3 is 0 Å². The highest BCUT2D eigenvalue weighted by molar-refractivity contribution is 7.13. The topological polar surface area (TPSA) is 62.3 Å². The summed E-state index contributed by atoms with van der Waals surface area (Å²) in [7, 11) is 0. The van der Waals surface area contributed by atoms with Gasteiger partial charge < -0.3 is 10.2 Å². The quantitative estimate of drug-likeness (QED) is 0.829. The number of carbonyl (C=O) groups excluding carboxylic acids is 2. The van der Waals surface area contributed by atoms with Crippen LogP contribution in [-0.4, -0.2) is 41.3 Å². The van der Waals surface area contributed by atoms with Crippen molar-refractivity contribution in [3.8, 4) is 10.6 Å². The summed E-state index contributed by atoms with van der Waals surface area (Å²) < 4.78 is 0. The molecule has 2 aromatic heterocycles. The van der Waals surface area contributed by atoms with Crippen LogP contribution in [0.4, 0.5) is 0 Å². The summed E-state index contributed by atoms with van der Waals surface area (Å²) in [4.78, 5) is 30.9. The van der Waals surface area contributed by atoms with Gasteiger partial charge in [0, 0.05) is 32.3 Å². The molecule has 1 N–H and O–H groups in total. The van der Waals surface area contributed by atoms with Gasteiger partial charge in [-0.15, -0.1) is 11.3 Å². The third kappa shape index (κ3) is 3.96. The first kappa shape index (κ1) is 15.7. The van der Waals surface area contributed by atoms with Gasteiger partial charge in [0.2, 0.25) is 5.91 Å².